The summed E-state index contributed by atoms with van der Waals surface area (Å²) in [7, 11) is 0. The molecule has 0 aromatic heterocycles. The highest BCUT2D eigenvalue weighted by Gasteiger charge is 2.27. The van der Waals surface area contributed by atoms with E-state index in [1.54, 1.807) is 0 Å². The summed E-state index contributed by atoms with van der Waals surface area (Å²) in [5.41, 5.74) is 0. The number of ether oxygens (including phenoxy) is 1. The average molecular weight is 242 g/mol. The molecule has 1 unspecified atom stereocenters. The zero-order valence-electron chi connectivity index (χ0n) is 10.9. The van der Waals surface area contributed by atoms with E-state index in [1.807, 2.05) is 25.7 Å². The van der Waals surface area contributed by atoms with Crippen LogP contribution in [0.5, 0.6) is 0 Å². The van der Waals surface area contributed by atoms with Crippen molar-refractivity contribution >= 4 is 11.9 Å². The van der Waals surface area contributed by atoms with Crippen LogP contribution in [0, 0.1) is 0 Å². The lowest BCUT2D eigenvalue weighted by Gasteiger charge is -2.36. The molecule has 1 fully saturated rings. The number of hydrogen-bond donors (Lipinski definition) is 0. The van der Waals surface area contributed by atoms with E-state index in [1.165, 1.54) is 0 Å². The molecule has 0 saturated carbocycles. The van der Waals surface area contributed by atoms with Gasteiger partial charge in [-0.2, -0.15) is 0 Å². The molecule has 1 heterocycles. The van der Waals surface area contributed by atoms with Crippen LogP contribution in [0.3, 0.4) is 0 Å². The molecule has 5 heteroatoms. The van der Waals surface area contributed by atoms with Gasteiger partial charge < -0.3 is 9.64 Å². The van der Waals surface area contributed by atoms with E-state index >= 15 is 0 Å². The second kappa shape index (κ2) is 6.59. The first-order valence-corrected chi connectivity index (χ1v) is 6.28. The Balaban J connectivity index is 2.41. The third kappa shape index (κ3) is 3.70. The Morgan fingerprint density at radius 3 is 2.24 bits per heavy atom. The molecule has 17 heavy (non-hydrogen) atoms. The summed E-state index contributed by atoms with van der Waals surface area (Å²) in [5, 5.41) is 0. The fourth-order valence-electron chi connectivity index (χ4n) is 1.99. The maximum absolute atomic E-state index is 11.6. The van der Waals surface area contributed by atoms with Crippen LogP contribution in [-0.2, 0) is 14.3 Å². The predicted molar refractivity (Wildman–Crippen MR) is 64.5 cm³/mol. The third-order valence-corrected chi connectivity index (χ3v) is 3.14. The lowest BCUT2D eigenvalue weighted by Crippen LogP contribution is -2.53. The summed E-state index contributed by atoms with van der Waals surface area (Å²) in [5.74, 6) is 0.0104. The molecular formula is C12H22N2O3. The highest BCUT2D eigenvalue weighted by Crippen LogP contribution is 2.08. The summed E-state index contributed by atoms with van der Waals surface area (Å²) in [6, 6.07) is -0.214. The Morgan fingerprint density at radius 2 is 1.76 bits per heavy atom. The van der Waals surface area contributed by atoms with Gasteiger partial charge in [-0.3, -0.25) is 14.5 Å². The molecule has 1 saturated heterocycles. The van der Waals surface area contributed by atoms with Gasteiger partial charge in [0.15, 0.2) is 0 Å². The van der Waals surface area contributed by atoms with Crippen molar-refractivity contribution < 1.29 is 14.3 Å². The van der Waals surface area contributed by atoms with E-state index < -0.39 is 0 Å². The zero-order valence-corrected chi connectivity index (χ0v) is 10.9. The van der Waals surface area contributed by atoms with E-state index in [0.29, 0.717) is 26.1 Å². The van der Waals surface area contributed by atoms with Crippen molar-refractivity contribution in [3.8, 4) is 0 Å². The van der Waals surface area contributed by atoms with Crippen molar-refractivity contribution in [3.05, 3.63) is 0 Å². The van der Waals surface area contributed by atoms with Crippen LogP contribution >= 0.6 is 0 Å². The quantitative estimate of drug-likeness (QED) is 0.673. The van der Waals surface area contributed by atoms with E-state index in [-0.39, 0.29) is 17.9 Å². The normalized spacial score (nSPS) is 18.9. The van der Waals surface area contributed by atoms with Gasteiger partial charge in [0.2, 0.25) is 5.91 Å². The van der Waals surface area contributed by atoms with Crippen LogP contribution in [0.25, 0.3) is 0 Å². The van der Waals surface area contributed by atoms with Gasteiger partial charge in [-0.05, 0) is 13.8 Å². The number of carbonyl (C=O) groups is 2. The minimum atomic E-state index is -0.214. The SMILES string of the molecule is CCOC(=O)C(C)N1CCN(C(=O)CC)CC1. The topological polar surface area (TPSA) is 49.9 Å². The fraction of sp³-hybridized carbons (Fsp3) is 0.833. The minimum absolute atomic E-state index is 0.178. The molecule has 1 rings (SSSR count). The summed E-state index contributed by atoms with van der Waals surface area (Å²) in [6.07, 6.45) is 0.549. The van der Waals surface area contributed by atoms with Crippen LogP contribution in [0.1, 0.15) is 27.2 Å². The standard InChI is InChI=1S/C12H22N2O3/c1-4-11(15)14-8-6-13(7-9-14)10(3)12(16)17-5-2/h10H,4-9H2,1-3H3. The van der Waals surface area contributed by atoms with Gasteiger partial charge in [0.25, 0.3) is 0 Å². The lowest BCUT2D eigenvalue weighted by molar-refractivity contribution is -0.150. The van der Waals surface area contributed by atoms with Crippen LogP contribution < -0.4 is 0 Å². The second-order valence-corrected chi connectivity index (χ2v) is 4.20. The molecule has 1 amide bonds. The van der Waals surface area contributed by atoms with Crippen LogP contribution in [0.15, 0.2) is 0 Å². The molecule has 1 atom stereocenters. The van der Waals surface area contributed by atoms with Gasteiger partial charge in [-0.25, -0.2) is 0 Å². The third-order valence-electron chi connectivity index (χ3n) is 3.14. The first kappa shape index (κ1) is 14.0. The lowest BCUT2D eigenvalue weighted by atomic mass is 10.2. The van der Waals surface area contributed by atoms with Crippen LogP contribution in [-0.4, -0.2) is 60.5 Å². The van der Waals surface area contributed by atoms with Gasteiger partial charge in [0, 0.05) is 32.6 Å². The average Bonchev–Trinajstić information content (AvgIpc) is 2.37. The molecule has 0 aromatic rings. The molecular weight excluding hydrogens is 220 g/mol. The maximum Gasteiger partial charge on any atom is 0.323 e. The Hall–Kier alpha value is -1.10. The Labute approximate surface area is 103 Å². The Kier molecular flexibility index (Phi) is 5.41. The minimum Gasteiger partial charge on any atom is -0.465 e. The number of amides is 1. The highest BCUT2D eigenvalue weighted by molar-refractivity contribution is 5.76. The van der Waals surface area contributed by atoms with E-state index in [9.17, 15) is 9.59 Å². The van der Waals surface area contributed by atoms with Gasteiger partial charge >= 0.3 is 5.97 Å². The first-order chi connectivity index (χ1) is 8.10. The highest BCUT2D eigenvalue weighted by atomic mass is 16.5. The molecule has 0 N–H and O–H groups in total. The van der Waals surface area contributed by atoms with Crippen molar-refractivity contribution in [1.29, 1.82) is 0 Å². The summed E-state index contributed by atoms with van der Waals surface area (Å²) in [6.45, 7) is 8.84. The molecule has 1 aliphatic heterocycles. The van der Waals surface area contributed by atoms with E-state index in [0.717, 1.165) is 13.1 Å². The molecule has 5 nitrogen and oxygen atoms in total. The smallest absolute Gasteiger partial charge is 0.323 e. The first-order valence-electron chi connectivity index (χ1n) is 6.28. The molecule has 1 aliphatic rings. The molecule has 98 valence electrons. The molecule has 0 spiro atoms. The van der Waals surface area contributed by atoms with Crippen LogP contribution in [0.4, 0.5) is 0 Å². The number of esters is 1. The molecule has 0 aromatic carbocycles. The molecule has 0 radical (unpaired) electrons. The molecule has 0 bridgehead atoms. The summed E-state index contributed by atoms with van der Waals surface area (Å²) < 4.78 is 4.99. The monoisotopic (exact) mass is 242 g/mol. The Bertz CT molecular complexity index is 273. The van der Waals surface area contributed by atoms with Crippen molar-refractivity contribution in [2.75, 3.05) is 32.8 Å². The number of carbonyl (C=O) groups excluding carboxylic acids is 2. The van der Waals surface area contributed by atoms with Crippen molar-refractivity contribution in [2.24, 2.45) is 0 Å². The molecule has 0 aliphatic carbocycles. The second-order valence-electron chi connectivity index (χ2n) is 4.20. The van der Waals surface area contributed by atoms with Gasteiger partial charge in [0.1, 0.15) is 6.04 Å². The number of hydrogen-bond acceptors (Lipinski definition) is 4. The van der Waals surface area contributed by atoms with Gasteiger partial charge in [-0.1, -0.05) is 6.92 Å². The van der Waals surface area contributed by atoms with E-state index in [4.69, 9.17) is 4.74 Å². The zero-order chi connectivity index (χ0) is 12.8. The largest absolute Gasteiger partial charge is 0.465 e. The fourth-order valence-corrected chi connectivity index (χ4v) is 1.99. The van der Waals surface area contributed by atoms with E-state index in [2.05, 4.69) is 4.90 Å². The Morgan fingerprint density at radius 1 is 1.18 bits per heavy atom. The van der Waals surface area contributed by atoms with Gasteiger partial charge in [0.05, 0.1) is 6.61 Å². The predicted octanol–water partition coefficient (Wildman–Crippen LogP) is 0.492. The summed E-state index contributed by atoms with van der Waals surface area (Å²) in [4.78, 5) is 27.0. The number of nitrogens with zero attached hydrogens (tertiary/aromatic N) is 2. The number of rotatable bonds is 4. The van der Waals surface area contributed by atoms with Crippen LogP contribution in [0.2, 0.25) is 0 Å². The van der Waals surface area contributed by atoms with Gasteiger partial charge in [-0.15, -0.1) is 0 Å². The van der Waals surface area contributed by atoms with Crippen molar-refractivity contribution in [2.45, 2.75) is 33.2 Å². The number of piperazine rings is 1. The van der Waals surface area contributed by atoms with Crippen molar-refractivity contribution in [1.82, 2.24) is 9.80 Å². The maximum atomic E-state index is 11.6. The summed E-state index contributed by atoms with van der Waals surface area (Å²) >= 11 is 0. The van der Waals surface area contributed by atoms with Crippen molar-refractivity contribution in [3.63, 3.8) is 0 Å².